The van der Waals surface area contributed by atoms with E-state index in [4.69, 9.17) is 4.99 Å². The van der Waals surface area contributed by atoms with Crippen molar-refractivity contribution in [2.45, 2.75) is 46.6 Å². The van der Waals surface area contributed by atoms with Gasteiger partial charge in [0.15, 0.2) is 5.96 Å². The number of guanidine groups is 1. The minimum atomic E-state index is 0.220. The standard InChI is InChI=1S/C19H28N4S/c1-5-17-15(4)24-18(23-17)12-13-21-19(20-6-2)22-14(3)16-10-8-7-9-11-16/h7-11,14H,5-6,12-13H2,1-4H3,(H2,20,21,22). The first-order valence-electron chi connectivity index (χ1n) is 8.69. The lowest BCUT2D eigenvalue weighted by atomic mass is 10.1. The van der Waals surface area contributed by atoms with E-state index in [2.05, 4.69) is 67.6 Å². The van der Waals surface area contributed by atoms with Gasteiger partial charge in [-0.15, -0.1) is 11.3 Å². The Balaban J connectivity index is 1.94. The molecule has 1 atom stereocenters. The molecule has 0 radical (unpaired) electrons. The summed E-state index contributed by atoms with van der Waals surface area (Å²) >= 11 is 1.79. The van der Waals surface area contributed by atoms with Gasteiger partial charge in [-0.3, -0.25) is 4.99 Å². The predicted octanol–water partition coefficient (Wildman–Crippen LogP) is 3.87. The van der Waals surface area contributed by atoms with Gasteiger partial charge in [0.2, 0.25) is 0 Å². The highest BCUT2D eigenvalue weighted by Gasteiger charge is 2.08. The van der Waals surface area contributed by atoms with E-state index in [0.717, 1.165) is 31.9 Å². The summed E-state index contributed by atoms with van der Waals surface area (Å²) < 4.78 is 0. The zero-order valence-corrected chi connectivity index (χ0v) is 15.9. The summed E-state index contributed by atoms with van der Waals surface area (Å²) in [7, 11) is 0. The lowest BCUT2D eigenvalue weighted by molar-refractivity contribution is 0.686. The number of benzene rings is 1. The maximum atomic E-state index is 4.70. The average Bonchev–Trinajstić information content (AvgIpc) is 2.95. The maximum absolute atomic E-state index is 4.70. The fourth-order valence-electron chi connectivity index (χ4n) is 2.54. The number of aryl methyl sites for hydroxylation is 2. The first kappa shape index (κ1) is 18.5. The van der Waals surface area contributed by atoms with Crippen LogP contribution in [0.1, 0.15) is 48.0 Å². The molecule has 130 valence electrons. The van der Waals surface area contributed by atoms with Crippen LogP contribution in [0.3, 0.4) is 0 Å². The van der Waals surface area contributed by atoms with Gasteiger partial charge in [0, 0.05) is 24.4 Å². The van der Waals surface area contributed by atoms with Crippen LogP contribution in [0.5, 0.6) is 0 Å². The van der Waals surface area contributed by atoms with E-state index >= 15 is 0 Å². The number of nitrogens with one attached hydrogen (secondary N) is 2. The van der Waals surface area contributed by atoms with Crippen molar-refractivity contribution in [3.63, 3.8) is 0 Å². The zero-order valence-electron chi connectivity index (χ0n) is 15.1. The van der Waals surface area contributed by atoms with Crippen LogP contribution in [0.15, 0.2) is 35.3 Å². The Morgan fingerprint density at radius 2 is 2.00 bits per heavy atom. The molecule has 1 aromatic heterocycles. The lowest BCUT2D eigenvalue weighted by Gasteiger charge is -2.18. The molecule has 1 aromatic carbocycles. The van der Waals surface area contributed by atoms with Gasteiger partial charge in [-0.2, -0.15) is 0 Å². The van der Waals surface area contributed by atoms with Crippen LogP contribution >= 0.6 is 11.3 Å². The highest BCUT2D eigenvalue weighted by molar-refractivity contribution is 7.11. The molecule has 0 saturated heterocycles. The van der Waals surface area contributed by atoms with Crippen molar-refractivity contribution in [3.8, 4) is 0 Å². The Morgan fingerprint density at radius 1 is 1.25 bits per heavy atom. The summed E-state index contributed by atoms with van der Waals surface area (Å²) in [6.07, 6.45) is 1.90. The molecule has 5 heteroatoms. The number of rotatable bonds is 7. The van der Waals surface area contributed by atoms with Crippen LogP contribution in [0, 0.1) is 6.92 Å². The average molecular weight is 345 g/mol. The molecular weight excluding hydrogens is 316 g/mol. The van der Waals surface area contributed by atoms with Gasteiger partial charge in [0.1, 0.15) is 0 Å². The molecule has 4 nitrogen and oxygen atoms in total. The SMILES string of the molecule is CCNC(=NCCc1nc(CC)c(C)s1)NC(C)c1ccccc1. The number of hydrogen-bond acceptors (Lipinski definition) is 3. The second-order valence-corrected chi connectivity index (χ2v) is 7.04. The Labute approximate surface area is 149 Å². The van der Waals surface area contributed by atoms with Crippen molar-refractivity contribution in [3.05, 3.63) is 51.5 Å². The van der Waals surface area contributed by atoms with Crippen LogP contribution in [0.4, 0.5) is 0 Å². The van der Waals surface area contributed by atoms with Gasteiger partial charge < -0.3 is 10.6 Å². The van der Waals surface area contributed by atoms with Crippen molar-refractivity contribution in [1.29, 1.82) is 0 Å². The van der Waals surface area contributed by atoms with Crippen LogP contribution in [-0.4, -0.2) is 24.0 Å². The molecule has 0 fully saturated rings. The quantitative estimate of drug-likeness (QED) is 0.592. The van der Waals surface area contributed by atoms with Crippen LogP contribution in [0.25, 0.3) is 0 Å². The molecule has 2 aromatic rings. The van der Waals surface area contributed by atoms with Gasteiger partial charge in [-0.05, 0) is 32.8 Å². The normalized spacial score (nSPS) is 12.9. The lowest BCUT2D eigenvalue weighted by Crippen LogP contribution is -2.38. The fourth-order valence-corrected chi connectivity index (χ4v) is 3.55. The number of aliphatic imine (C=N–C) groups is 1. The van der Waals surface area contributed by atoms with E-state index in [-0.39, 0.29) is 6.04 Å². The Hall–Kier alpha value is -1.88. The van der Waals surface area contributed by atoms with E-state index in [9.17, 15) is 0 Å². The first-order valence-corrected chi connectivity index (χ1v) is 9.50. The van der Waals surface area contributed by atoms with Gasteiger partial charge >= 0.3 is 0 Å². The summed E-state index contributed by atoms with van der Waals surface area (Å²) in [5, 5.41) is 7.97. The van der Waals surface area contributed by atoms with Crippen molar-refractivity contribution < 1.29 is 0 Å². The molecule has 24 heavy (non-hydrogen) atoms. The third-order valence-electron chi connectivity index (χ3n) is 3.86. The second-order valence-electron chi connectivity index (χ2n) is 5.75. The van der Waals surface area contributed by atoms with Crippen LogP contribution in [-0.2, 0) is 12.8 Å². The molecule has 0 spiro atoms. The summed E-state index contributed by atoms with van der Waals surface area (Å²) in [6, 6.07) is 10.6. The Morgan fingerprint density at radius 3 is 2.62 bits per heavy atom. The van der Waals surface area contributed by atoms with E-state index in [1.54, 1.807) is 11.3 Å². The predicted molar refractivity (Wildman–Crippen MR) is 104 cm³/mol. The first-order chi connectivity index (χ1) is 11.6. The number of thiazole rings is 1. The fraction of sp³-hybridized carbons (Fsp3) is 0.474. The molecule has 2 N–H and O–H groups in total. The van der Waals surface area contributed by atoms with Crippen molar-refractivity contribution >= 4 is 17.3 Å². The molecule has 0 saturated carbocycles. The molecule has 0 amide bonds. The van der Waals surface area contributed by atoms with Crippen molar-refractivity contribution in [2.75, 3.05) is 13.1 Å². The maximum Gasteiger partial charge on any atom is 0.191 e. The minimum Gasteiger partial charge on any atom is -0.357 e. The molecule has 0 aliphatic carbocycles. The molecule has 0 aliphatic rings. The third kappa shape index (κ3) is 5.34. The number of hydrogen-bond donors (Lipinski definition) is 2. The van der Waals surface area contributed by atoms with E-state index in [0.29, 0.717) is 0 Å². The summed E-state index contributed by atoms with van der Waals surface area (Å²) in [5.74, 6) is 0.859. The largest absolute Gasteiger partial charge is 0.357 e. The third-order valence-corrected chi connectivity index (χ3v) is 4.94. The summed E-state index contributed by atoms with van der Waals surface area (Å²) in [6.45, 7) is 10.1. The van der Waals surface area contributed by atoms with Crippen molar-refractivity contribution in [1.82, 2.24) is 15.6 Å². The molecule has 1 heterocycles. The van der Waals surface area contributed by atoms with E-state index < -0.39 is 0 Å². The smallest absolute Gasteiger partial charge is 0.191 e. The van der Waals surface area contributed by atoms with Gasteiger partial charge in [0.25, 0.3) is 0 Å². The molecule has 2 rings (SSSR count). The monoisotopic (exact) mass is 344 g/mol. The molecule has 0 bridgehead atoms. The number of nitrogens with zero attached hydrogens (tertiary/aromatic N) is 2. The van der Waals surface area contributed by atoms with Crippen molar-refractivity contribution in [2.24, 2.45) is 4.99 Å². The summed E-state index contributed by atoms with van der Waals surface area (Å²) in [5.41, 5.74) is 2.48. The highest BCUT2D eigenvalue weighted by atomic mass is 32.1. The van der Waals surface area contributed by atoms with Gasteiger partial charge in [-0.25, -0.2) is 4.98 Å². The topological polar surface area (TPSA) is 49.3 Å². The molecule has 1 unspecified atom stereocenters. The van der Waals surface area contributed by atoms with Gasteiger partial charge in [0.05, 0.1) is 16.7 Å². The summed E-state index contributed by atoms with van der Waals surface area (Å²) in [4.78, 5) is 10.7. The Kier molecular flexibility index (Phi) is 7.25. The molecule has 0 aliphatic heterocycles. The number of aromatic nitrogens is 1. The van der Waals surface area contributed by atoms with Gasteiger partial charge in [-0.1, -0.05) is 37.3 Å². The molecular formula is C19H28N4S. The van der Waals surface area contributed by atoms with E-state index in [1.165, 1.54) is 21.1 Å². The van der Waals surface area contributed by atoms with Crippen LogP contribution < -0.4 is 10.6 Å². The Bertz CT molecular complexity index is 649. The minimum absolute atomic E-state index is 0.220. The second kappa shape index (κ2) is 9.42. The van der Waals surface area contributed by atoms with E-state index in [1.807, 2.05) is 6.07 Å². The zero-order chi connectivity index (χ0) is 17.4. The highest BCUT2D eigenvalue weighted by Crippen LogP contribution is 2.18. The van der Waals surface area contributed by atoms with Crippen LogP contribution in [0.2, 0.25) is 0 Å².